The molecule has 1 aliphatic heterocycles. The molecule has 13 nitrogen and oxygen atoms in total. The molecule has 1 saturated heterocycles. The SMILES string of the molecule is Cc1cn2cc(NC(=O)c3ccc(N4CCC(NC5CC5)CC4)c4cn(C)nc34)nc2c(CN/C(N)=C/N(C)N)n1. The van der Waals surface area contributed by atoms with Crippen molar-refractivity contribution in [3.8, 4) is 0 Å². The van der Waals surface area contributed by atoms with Gasteiger partial charge in [-0.1, -0.05) is 0 Å². The highest BCUT2D eigenvalue weighted by molar-refractivity contribution is 6.13. The summed E-state index contributed by atoms with van der Waals surface area (Å²) >= 11 is 0. The Morgan fingerprint density at radius 2 is 1.88 bits per heavy atom. The molecule has 1 amide bonds. The third kappa shape index (κ3) is 5.91. The van der Waals surface area contributed by atoms with E-state index < -0.39 is 0 Å². The average Bonchev–Trinajstić information content (AvgIpc) is 3.50. The van der Waals surface area contributed by atoms with Crippen LogP contribution in [0.3, 0.4) is 0 Å². The van der Waals surface area contributed by atoms with Crippen molar-refractivity contribution < 1.29 is 4.79 Å². The second kappa shape index (κ2) is 10.9. The van der Waals surface area contributed by atoms with Crippen LogP contribution >= 0.6 is 0 Å². The molecular weight excluding hydrogens is 520 g/mol. The molecule has 0 atom stereocenters. The van der Waals surface area contributed by atoms with Crippen molar-refractivity contribution in [2.75, 3.05) is 30.4 Å². The van der Waals surface area contributed by atoms with Crippen LogP contribution in [0.5, 0.6) is 0 Å². The molecule has 4 aromatic rings. The summed E-state index contributed by atoms with van der Waals surface area (Å²) in [5, 5.41) is 16.8. The first kappa shape index (κ1) is 26.8. The zero-order valence-corrected chi connectivity index (χ0v) is 23.8. The summed E-state index contributed by atoms with van der Waals surface area (Å²) < 4.78 is 3.62. The third-order valence-electron chi connectivity index (χ3n) is 7.57. The number of aryl methyl sites for hydroxylation is 2. The highest BCUT2D eigenvalue weighted by atomic mass is 16.1. The molecule has 2 fully saturated rings. The van der Waals surface area contributed by atoms with Gasteiger partial charge in [-0.05, 0) is 44.7 Å². The second-order valence-corrected chi connectivity index (χ2v) is 11.1. The van der Waals surface area contributed by atoms with Gasteiger partial charge >= 0.3 is 0 Å². The lowest BCUT2D eigenvalue weighted by Crippen LogP contribution is -2.43. The maximum atomic E-state index is 13.5. The van der Waals surface area contributed by atoms with E-state index in [0.717, 1.165) is 48.7 Å². The molecule has 3 aromatic heterocycles. The molecule has 0 bridgehead atoms. The molecule has 13 heteroatoms. The summed E-state index contributed by atoms with van der Waals surface area (Å²) in [4.78, 5) is 25.2. The van der Waals surface area contributed by atoms with Crippen LogP contribution in [0, 0.1) is 6.92 Å². The summed E-state index contributed by atoms with van der Waals surface area (Å²) in [7, 11) is 3.57. The predicted octanol–water partition coefficient (Wildman–Crippen LogP) is 1.55. The molecule has 1 saturated carbocycles. The monoisotopic (exact) mass is 558 g/mol. The van der Waals surface area contributed by atoms with Crippen molar-refractivity contribution in [3.05, 3.63) is 59.7 Å². The van der Waals surface area contributed by atoms with E-state index >= 15 is 0 Å². The zero-order chi connectivity index (χ0) is 28.7. The molecule has 7 N–H and O–H groups in total. The first-order valence-electron chi connectivity index (χ1n) is 14.1. The minimum Gasteiger partial charge on any atom is -0.384 e. The zero-order valence-electron chi connectivity index (χ0n) is 23.8. The van der Waals surface area contributed by atoms with E-state index in [1.807, 2.05) is 42.9 Å². The summed E-state index contributed by atoms with van der Waals surface area (Å²) in [6.07, 6.45) is 12.1. The Labute approximate surface area is 238 Å². The van der Waals surface area contributed by atoms with E-state index in [0.29, 0.717) is 46.6 Å². The maximum absolute atomic E-state index is 13.5. The van der Waals surface area contributed by atoms with Gasteiger partial charge in [-0.2, -0.15) is 5.10 Å². The van der Waals surface area contributed by atoms with E-state index in [2.05, 4.69) is 35.9 Å². The first-order chi connectivity index (χ1) is 19.7. The summed E-state index contributed by atoms with van der Waals surface area (Å²) in [6.45, 7) is 4.21. The number of benzene rings is 1. The number of piperidine rings is 1. The van der Waals surface area contributed by atoms with Gasteiger partial charge in [0.15, 0.2) is 11.5 Å². The number of anilines is 2. The van der Waals surface area contributed by atoms with Crippen molar-refractivity contribution in [1.29, 1.82) is 0 Å². The number of rotatable bonds is 9. The topological polar surface area (TPSA) is 160 Å². The molecule has 6 rings (SSSR count). The minimum atomic E-state index is -0.265. The van der Waals surface area contributed by atoms with Crippen LogP contribution in [0.1, 0.15) is 47.4 Å². The van der Waals surface area contributed by atoms with E-state index in [1.165, 1.54) is 17.9 Å². The molecule has 0 spiro atoms. The Hall–Kier alpha value is -4.36. The van der Waals surface area contributed by atoms with Crippen LogP contribution in [0.15, 0.2) is 42.7 Å². The predicted molar refractivity (Wildman–Crippen MR) is 159 cm³/mol. The number of hydrogen-bond acceptors (Lipinski definition) is 10. The number of hydrogen-bond donors (Lipinski definition) is 5. The molecule has 0 radical (unpaired) electrons. The highest BCUT2D eigenvalue weighted by Gasteiger charge is 2.28. The Kier molecular flexibility index (Phi) is 7.14. The number of nitrogens with two attached hydrogens (primary N) is 2. The van der Waals surface area contributed by atoms with Crippen molar-refractivity contribution in [2.45, 2.75) is 51.2 Å². The van der Waals surface area contributed by atoms with E-state index in [9.17, 15) is 4.79 Å². The third-order valence-corrected chi connectivity index (χ3v) is 7.57. The largest absolute Gasteiger partial charge is 0.384 e. The van der Waals surface area contributed by atoms with Gasteiger partial charge in [0, 0.05) is 62.7 Å². The van der Waals surface area contributed by atoms with E-state index in [4.69, 9.17) is 11.6 Å². The molecule has 2 aliphatic rings. The molecule has 1 aromatic carbocycles. The second-order valence-electron chi connectivity index (χ2n) is 11.1. The fourth-order valence-electron chi connectivity index (χ4n) is 5.55. The van der Waals surface area contributed by atoms with Crippen LogP contribution in [-0.4, -0.2) is 67.3 Å². The van der Waals surface area contributed by atoms with Crippen molar-refractivity contribution in [1.82, 2.24) is 39.8 Å². The number of amides is 1. The van der Waals surface area contributed by atoms with E-state index in [-0.39, 0.29) is 5.91 Å². The summed E-state index contributed by atoms with van der Waals surface area (Å²) in [6, 6.07) is 5.24. The standard InChI is InChI=1S/C28H38N12O/c1-17-13-40-16-25(34-27(40)22(32-17)12-31-24(29)15-37(2)30)35-28(41)20-6-7-23(21-14-38(3)36-26(20)21)39-10-8-19(9-11-39)33-18-4-5-18/h6-7,13-16,18-19,31,33H,4-5,8-12,29-30H2,1-3H3,(H,35,41)/b24-15+. The number of carbonyl (C=O) groups is 1. The number of nitrogens with zero attached hydrogens (tertiary/aromatic N) is 7. The number of nitrogens with one attached hydrogen (secondary N) is 3. The number of aromatic nitrogens is 5. The minimum absolute atomic E-state index is 0.265. The molecule has 216 valence electrons. The van der Waals surface area contributed by atoms with E-state index in [1.54, 1.807) is 24.1 Å². The highest BCUT2D eigenvalue weighted by Crippen LogP contribution is 2.32. The van der Waals surface area contributed by atoms with Crippen molar-refractivity contribution in [2.24, 2.45) is 18.6 Å². The van der Waals surface area contributed by atoms with Crippen LogP contribution in [0.2, 0.25) is 0 Å². The van der Waals surface area contributed by atoms with Gasteiger partial charge in [-0.15, -0.1) is 0 Å². The van der Waals surface area contributed by atoms with Gasteiger partial charge < -0.3 is 36.0 Å². The average molecular weight is 559 g/mol. The van der Waals surface area contributed by atoms with Gasteiger partial charge in [0.1, 0.15) is 17.0 Å². The fourth-order valence-corrected chi connectivity index (χ4v) is 5.55. The number of hydrazine groups is 1. The van der Waals surface area contributed by atoms with Gasteiger partial charge in [0.25, 0.3) is 5.91 Å². The van der Waals surface area contributed by atoms with Crippen molar-refractivity contribution >= 4 is 34.0 Å². The van der Waals surface area contributed by atoms with Crippen LogP contribution in [0.25, 0.3) is 16.6 Å². The maximum Gasteiger partial charge on any atom is 0.259 e. The molecule has 0 unspecified atom stereocenters. The number of carbonyl (C=O) groups excluding carboxylic acids is 1. The van der Waals surface area contributed by atoms with Gasteiger partial charge in [0.05, 0.1) is 30.2 Å². The van der Waals surface area contributed by atoms with Crippen LogP contribution in [-0.2, 0) is 13.6 Å². The Morgan fingerprint density at radius 1 is 1.12 bits per heavy atom. The normalized spacial score (nSPS) is 16.5. The fraction of sp³-hybridized carbons (Fsp3) is 0.429. The Bertz CT molecular complexity index is 1610. The van der Waals surface area contributed by atoms with Gasteiger partial charge in [-0.3, -0.25) is 14.5 Å². The molecule has 4 heterocycles. The molecule has 1 aliphatic carbocycles. The quantitative estimate of drug-likeness (QED) is 0.151. The summed E-state index contributed by atoms with van der Waals surface area (Å²) in [5.74, 6) is 6.19. The van der Waals surface area contributed by atoms with Crippen LogP contribution in [0.4, 0.5) is 11.5 Å². The number of imidazole rings is 1. The smallest absolute Gasteiger partial charge is 0.259 e. The lowest BCUT2D eigenvalue weighted by molar-refractivity contribution is 0.102. The Balaban J connectivity index is 1.21. The summed E-state index contributed by atoms with van der Waals surface area (Å²) in [5.41, 5.74) is 10.4. The first-order valence-corrected chi connectivity index (χ1v) is 14.1. The van der Waals surface area contributed by atoms with Crippen LogP contribution < -0.4 is 32.4 Å². The number of fused-ring (bicyclic) bond motifs is 2. The van der Waals surface area contributed by atoms with Gasteiger partial charge in [-0.25, -0.2) is 10.8 Å². The molecular formula is C28H38N12O. The molecule has 41 heavy (non-hydrogen) atoms. The Morgan fingerprint density at radius 3 is 2.61 bits per heavy atom. The lowest BCUT2D eigenvalue weighted by Gasteiger charge is -2.34. The van der Waals surface area contributed by atoms with Gasteiger partial charge in [0.2, 0.25) is 0 Å². The van der Waals surface area contributed by atoms with Crippen molar-refractivity contribution in [3.63, 3.8) is 0 Å². The lowest BCUT2D eigenvalue weighted by atomic mass is 10.0.